The second-order valence-corrected chi connectivity index (χ2v) is 15.5. The molecule has 13 nitrogen and oxygen atoms in total. The molecule has 1 fully saturated rings. The maximum absolute atomic E-state index is 13.4. The number of aryl methyl sites for hydroxylation is 1. The number of carbonyl (C=O) groups is 3. The Morgan fingerprint density at radius 2 is 1.67 bits per heavy atom. The number of hydrogen-bond acceptors (Lipinski definition) is 10. The highest BCUT2D eigenvalue weighted by Crippen LogP contribution is 2.37. The third-order valence-corrected chi connectivity index (χ3v) is 11.6. The summed E-state index contributed by atoms with van der Waals surface area (Å²) >= 11 is 1.35. The van der Waals surface area contributed by atoms with E-state index in [1.54, 1.807) is 73.4 Å². The Labute approximate surface area is 344 Å². The summed E-state index contributed by atoms with van der Waals surface area (Å²) < 4.78 is 13.3. The number of carbonyl (C=O) groups excluding carboxylic acids is 3. The van der Waals surface area contributed by atoms with E-state index in [9.17, 15) is 24.4 Å². The van der Waals surface area contributed by atoms with Gasteiger partial charge in [-0.05, 0) is 67.3 Å². The largest absolute Gasteiger partial charge is 0.496 e. The standard InChI is InChI=1S/C44H53N7O6S/c1-9-10-37(49(6)44(55)34(26-45)25-40-46-16-22-58-40)31-11-13-32(14-12-31)43(54)47(4)17-15-41(52)51-20-18-50(19-21-51)28-36-38(56-7)23-33(24-39(36)57-8)35-27-48(5)42(53)30(3)29(35)2/h11-14,16,22-25,27,37H,9-10,15,17-21,28H2,1-8H3/b34-25+. The van der Waals surface area contributed by atoms with Gasteiger partial charge >= 0.3 is 0 Å². The van der Waals surface area contributed by atoms with Crippen LogP contribution in [0.4, 0.5) is 0 Å². The highest BCUT2D eigenvalue weighted by Gasteiger charge is 2.27. The Morgan fingerprint density at radius 1 is 1.02 bits per heavy atom. The molecule has 1 aliphatic heterocycles. The molecule has 5 rings (SSSR count). The molecule has 0 spiro atoms. The fourth-order valence-corrected chi connectivity index (χ4v) is 7.86. The van der Waals surface area contributed by atoms with E-state index in [4.69, 9.17) is 9.47 Å². The Balaban J connectivity index is 1.15. The molecular formula is C44H53N7O6S. The molecule has 3 heterocycles. The van der Waals surface area contributed by atoms with Crippen molar-refractivity contribution in [2.45, 2.75) is 52.6 Å². The van der Waals surface area contributed by atoms with Gasteiger partial charge in [-0.3, -0.25) is 24.1 Å². The first-order valence-corrected chi connectivity index (χ1v) is 20.3. The molecular weight excluding hydrogens is 755 g/mol. The number of piperazine rings is 1. The number of ether oxygens (including phenoxy) is 2. The summed E-state index contributed by atoms with van der Waals surface area (Å²) in [5.41, 5.74) is 5.68. The lowest BCUT2D eigenvalue weighted by atomic mass is 9.97. The normalized spacial score (nSPS) is 13.8. The molecule has 2 aromatic heterocycles. The second-order valence-electron chi connectivity index (χ2n) is 14.6. The summed E-state index contributed by atoms with van der Waals surface area (Å²) in [6.07, 6.45) is 6.66. The van der Waals surface area contributed by atoms with Crippen molar-refractivity contribution in [2.24, 2.45) is 7.05 Å². The average Bonchev–Trinajstić information content (AvgIpc) is 3.77. The van der Waals surface area contributed by atoms with Crippen molar-refractivity contribution < 1.29 is 23.9 Å². The van der Waals surface area contributed by atoms with E-state index in [2.05, 4.69) is 9.88 Å². The molecule has 0 bridgehead atoms. The lowest BCUT2D eigenvalue weighted by Crippen LogP contribution is -2.48. The van der Waals surface area contributed by atoms with Gasteiger partial charge in [0.1, 0.15) is 28.1 Å². The molecule has 3 amide bonds. The molecule has 1 unspecified atom stereocenters. The predicted octanol–water partition coefficient (Wildman–Crippen LogP) is 5.86. The smallest absolute Gasteiger partial charge is 0.264 e. The second kappa shape index (κ2) is 19.6. The number of methoxy groups -OCH3 is 2. The molecule has 0 N–H and O–H groups in total. The Morgan fingerprint density at radius 3 is 2.24 bits per heavy atom. The van der Waals surface area contributed by atoms with Crippen molar-refractivity contribution in [3.63, 3.8) is 0 Å². The van der Waals surface area contributed by atoms with Crippen LogP contribution in [0.2, 0.25) is 0 Å². The van der Waals surface area contributed by atoms with E-state index in [1.807, 2.05) is 62.2 Å². The molecule has 0 aliphatic carbocycles. The lowest BCUT2D eigenvalue weighted by Gasteiger charge is -2.35. The molecule has 58 heavy (non-hydrogen) atoms. The first-order valence-electron chi connectivity index (χ1n) is 19.4. The third-order valence-electron chi connectivity index (χ3n) is 10.9. The Bertz CT molecular complexity index is 2210. The zero-order valence-corrected chi connectivity index (χ0v) is 35.5. The van der Waals surface area contributed by atoms with Gasteiger partial charge in [0.2, 0.25) is 5.91 Å². The SMILES string of the molecule is CCCC(c1ccc(C(=O)N(C)CCC(=O)N2CCN(Cc3c(OC)cc(-c4cn(C)c(=O)c(C)c4C)cc3OC)CC2)cc1)N(C)C(=O)/C(C#N)=C/c1nccs1. The number of hydrogen-bond donors (Lipinski definition) is 0. The maximum Gasteiger partial charge on any atom is 0.264 e. The maximum atomic E-state index is 13.4. The fraction of sp³-hybridized carbons (Fsp3) is 0.409. The molecule has 0 saturated carbocycles. The quantitative estimate of drug-likeness (QED) is 0.107. The van der Waals surface area contributed by atoms with Gasteiger partial charge < -0.3 is 28.7 Å². The summed E-state index contributed by atoms with van der Waals surface area (Å²) in [6, 6.07) is 12.9. The van der Waals surface area contributed by atoms with Crippen LogP contribution in [0.1, 0.15) is 69.8 Å². The summed E-state index contributed by atoms with van der Waals surface area (Å²) in [5, 5.41) is 12.1. The highest BCUT2D eigenvalue weighted by molar-refractivity contribution is 7.10. The Kier molecular flexibility index (Phi) is 14.6. The molecule has 1 aliphatic rings. The lowest BCUT2D eigenvalue weighted by molar-refractivity contribution is -0.133. The molecule has 1 atom stereocenters. The van der Waals surface area contributed by atoms with Gasteiger partial charge in [0.25, 0.3) is 17.4 Å². The summed E-state index contributed by atoms with van der Waals surface area (Å²) in [7, 11) is 8.41. The fourth-order valence-electron chi connectivity index (χ4n) is 7.29. The van der Waals surface area contributed by atoms with Crippen LogP contribution in [0, 0.1) is 25.2 Å². The van der Waals surface area contributed by atoms with E-state index in [0.29, 0.717) is 66.8 Å². The summed E-state index contributed by atoms with van der Waals surface area (Å²) in [5.74, 6) is 0.781. The van der Waals surface area contributed by atoms with Crippen molar-refractivity contribution in [1.29, 1.82) is 5.26 Å². The van der Waals surface area contributed by atoms with Crippen molar-refractivity contribution >= 4 is 35.1 Å². The zero-order chi connectivity index (χ0) is 42.1. The topological polar surface area (TPSA) is 141 Å². The third kappa shape index (κ3) is 9.84. The number of amides is 3. The van der Waals surface area contributed by atoms with Crippen LogP contribution in [-0.2, 0) is 23.2 Å². The van der Waals surface area contributed by atoms with Crippen molar-refractivity contribution in [2.75, 3.05) is 61.0 Å². The first kappa shape index (κ1) is 43.3. The van der Waals surface area contributed by atoms with Gasteiger partial charge in [0.05, 0.1) is 25.8 Å². The number of likely N-dealkylation sites (N-methyl/N-ethyl adjacent to an activating group) is 1. The zero-order valence-electron chi connectivity index (χ0n) is 34.7. The number of nitriles is 1. The van der Waals surface area contributed by atoms with E-state index in [-0.39, 0.29) is 42.0 Å². The average molecular weight is 808 g/mol. The molecule has 14 heteroatoms. The van der Waals surface area contributed by atoms with Gasteiger partial charge in [0, 0.05) is 101 Å². The van der Waals surface area contributed by atoms with Crippen LogP contribution in [0.25, 0.3) is 17.2 Å². The minimum Gasteiger partial charge on any atom is -0.496 e. The minimum absolute atomic E-state index is 0.00662. The summed E-state index contributed by atoms with van der Waals surface area (Å²) in [4.78, 5) is 63.9. The van der Waals surface area contributed by atoms with Gasteiger partial charge in [-0.2, -0.15) is 5.26 Å². The molecule has 306 valence electrons. The first-order chi connectivity index (χ1) is 27.8. The number of aromatic nitrogens is 2. The van der Waals surface area contributed by atoms with Crippen molar-refractivity contribution in [3.8, 4) is 28.7 Å². The highest BCUT2D eigenvalue weighted by atomic mass is 32.1. The number of nitrogens with zero attached hydrogens (tertiary/aromatic N) is 7. The monoisotopic (exact) mass is 807 g/mol. The van der Waals surface area contributed by atoms with Crippen LogP contribution < -0.4 is 15.0 Å². The molecule has 1 saturated heterocycles. The molecule has 4 aromatic rings. The van der Waals surface area contributed by atoms with E-state index in [0.717, 1.165) is 34.2 Å². The van der Waals surface area contributed by atoms with Crippen molar-refractivity contribution in [3.05, 3.63) is 103 Å². The predicted molar refractivity (Wildman–Crippen MR) is 226 cm³/mol. The molecule has 0 radical (unpaired) electrons. The van der Waals surface area contributed by atoms with Gasteiger partial charge in [0.15, 0.2) is 0 Å². The van der Waals surface area contributed by atoms with Crippen LogP contribution in [0.3, 0.4) is 0 Å². The van der Waals surface area contributed by atoms with Gasteiger partial charge in [-0.1, -0.05) is 25.5 Å². The Hall–Kier alpha value is -5.78. The van der Waals surface area contributed by atoms with Crippen LogP contribution in [-0.4, -0.2) is 108 Å². The van der Waals surface area contributed by atoms with Crippen LogP contribution >= 0.6 is 11.3 Å². The van der Waals surface area contributed by atoms with E-state index < -0.39 is 5.91 Å². The number of benzene rings is 2. The number of rotatable bonds is 15. The number of pyridine rings is 1. The van der Waals surface area contributed by atoms with Crippen molar-refractivity contribution in [1.82, 2.24) is 29.2 Å². The van der Waals surface area contributed by atoms with E-state index >= 15 is 0 Å². The van der Waals surface area contributed by atoms with Crippen LogP contribution in [0.15, 0.2) is 64.5 Å². The molecule has 2 aromatic carbocycles. The summed E-state index contributed by atoms with van der Waals surface area (Å²) in [6.45, 7) is 9.11. The van der Waals surface area contributed by atoms with E-state index in [1.165, 1.54) is 17.4 Å². The van der Waals surface area contributed by atoms with Crippen LogP contribution in [0.5, 0.6) is 11.5 Å². The number of thiazole rings is 1. The van der Waals surface area contributed by atoms with Gasteiger partial charge in [-0.15, -0.1) is 11.3 Å². The van der Waals surface area contributed by atoms with Gasteiger partial charge in [-0.25, -0.2) is 4.98 Å². The minimum atomic E-state index is -0.391.